The van der Waals surface area contributed by atoms with Crippen LogP contribution in [0.2, 0.25) is 0 Å². The Morgan fingerprint density at radius 2 is 2.06 bits per heavy atom. The average molecular weight is 225 g/mol. The number of rotatable bonds is 3. The monoisotopic (exact) mass is 225 g/mol. The highest BCUT2D eigenvalue weighted by Crippen LogP contribution is 2.23. The van der Waals surface area contributed by atoms with Gasteiger partial charge in [-0.15, -0.1) is 0 Å². The molecule has 0 saturated carbocycles. The number of nitrogens with one attached hydrogen (secondary N) is 1. The Kier molecular flexibility index (Phi) is 3.69. The SMILES string of the molecule is CCCC1CN(C2CCNCC2)C(=O)N1C. The van der Waals surface area contributed by atoms with Crippen LogP contribution in [0.3, 0.4) is 0 Å². The van der Waals surface area contributed by atoms with Gasteiger partial charge in [-0.05, 0) is 32.4 Å². The molecule has 4 nitrogen and oxygen atoms in total. The minimum absolute atomic E-state index is 0.241. The van der Waals surface area contributed by atoms with Crippen molar-refractivity contribution in [3.8, 4) is 0 Å². The van der Waals surface area contributed by atoms with Crippen molar-refractivity contribution in [1.82, 2.24) is 15.1 Å². The number of carbonyl (C=O) groups is 1. The van der Waals surface area contributed by atoms with E-state index in [4.69, 9.17) is 0 Å². The Hall–Kier alpha value is -0.770. The molecule has 0 radical (unpaired) electrons. The van der Waals surface area contributed by atoms with E-state index < -0.39 is 0 Å². The first kappa shape index (κ1) is 11.7. The summed E-state index contributed by atoms with van der Waals surface area (Å²) < 4.78 is 0. The van der Waals surface area contributed by atoms with Crippen molar-refractivity contribution in [3.63, 3.8) is 0 Å². The van der Waals surface area contributed by atoms with Gasteiger partial charge in [0.1, 0.15) is 0 Å². The van der Waals surface area contributed by atoms with E-state index in [9.17, 15) is 4.79 Å². The topological polar surface area (TPSA) is 35.6 Å². The van der Waals surface area contributed by atoms with Crippen LogP contribution in [0.25, 0.3) is 0 Å². The van der Waals surface area contributed by atoms with Gasteiger partial charge in [-0.3, -0.25) is 0 Å². The summed E-state index contributed by atoms with van der Waals surface area (Å²) in [5.41, 5.74) is 0. The van der Waals surface area contributed by atoms with Gasteiger partial charge in [0.2, 0.25) is 0 Å². The van der Waals surface area contributed by atoms with E-state index in [0.717, 1.165) is 45.3 Å². The lowest BCUT2D eigenvalue weighted by Gasteiger charge is -2.30. The molecule has 2 aliphatic heterocycles. The van der Waals surface area contributed by atoms with E-state index in [1.165, 1.54) is 0 Å². The van der Waals surface area contributed by atoms with Crippen LogP contribution in [0.1, 0.15) is 32.6 Å². The molecule has 2 amide bonds. The molecule has 0 bridgehead atoms. The molecule has 2 rings (SSSR count). The summed E-state index contributed by atoms with van der Waals surface area (Å²) in [7, 11) is 1.95. The van der Waals surface area contributed by atoms with Crippen LogP contribution in [0.15, 0.2) is 0 Å². The number of nitrogens with zero attached hydrogens (tertiary/aromatic N) is 2. The van der Waals surface area contributed by atoms with Crippen LogP contribution >= 0.6 is 0 Å². The number of likely N-dealkylation sites (N-methyl/N-ethyl adjacent to an activating group) is 1. The normalized spacial score (nSPS) is 27.9. The molecule has 1 unspecified atom stereocenters. The second-order valence-corrected chi connectivity index (χ2v) is 4.97. The second-order valence-electron chi connectivity index (χ2n) is 4.97. The molecule has 0 aromatic carbocycles. The van der Waals surface area contributed by atoms with Crippen molar-refractivity contribution in [1.29, 1.82) is 0 Å². The largest absolute Gasteiger partial charge is 0.323 e. The van der Waals surface area contributed by atoms with Gasteiger partial charge >= 0.3 is 6.03 Å². The number of carbonyl (C=O) groups excluding carboxylic acids is 1. The molecule has 0 spiro atoms. The summed E-state index contributed by atoms with van der Waals surface area (Å²) >= 11 is 0. The van der Waals surface area contributed by atoms with Crippen LogP contribution < -0.4 is 5.32 Å². The third-order valence-corrected chi connectivity index (χ3v) is 3.87. The quantitative estimate of drug-likeness (QED) is 0.785. The predicted octanol–water partition coefficient (Wildman–Crippen LogP) is 1.27. The van der Waals surface area contributed by atoms with Crippen LogP contribution in [-0.2, 0) is 0 Å². The maximum atomic E-state index is 12.1. The van der Waals surface area contributed by atoms with Crippen LogP contribution in [0.4, 0.5) is 4.79 Å². The van der Waals surface area contributed by atoms with Gasteiger partial charge in [0.05, 0.1) is 6.04 Å². The molecule has 2 saturated heterocycles. The lowest BCUT2D eigenvalue weighted by Crippen LogP contribution is -2.44. The first-order chi connectivity index (χ1) is 7.74. The number of amides is 2. The van der Waals surface area contributed by atoms with Crippen molar-refractivity contribution in [2.75, 3.05) is 26.7 Å². The van der Waals surface area contributed by atoms with Crippen LogP contribution in [0, 0.1) is 0 Å². The Balaban J connectivity index is 1.97. The molecule has 92 valence electrons. The first-order valence-electron chi connectivity index (χ1n) is 6.48. The maximum absolute atomic E-state index is 12.1. The maximum Gasteiger partial charge on any atom is 0.320 e. The molecule has 4 heteroatoms. The Labute approximate surface area is 98.0 Å². The van der Waals surface area contributed by atoms with Gasteiger partial charge < -0.3 is 15.1 Å². The number of urea groups is 1. The molecule has 2 heterocycles. The lowest BCUT2D eigenvalue weighted by molar-refractivity contribution is 0.170. The zero-order valence-corrected chi connectivity index (χ0v) is 10.4. The van der Waals surface area contributed by atoms with Crippen molar-refractivity contribution < 1.29 is 4.79 Å². The van der Waals surface area contributed by atoms with Crippen molar-refractivity contribution >= 4 is 6.03 Å². The summed E-state index contributed by atoms with van der Waals surface area (Å²) in [5.74, 6) is 0. The summed E-state index contributed by atoms with van der Waals surface area (Å²) in [4.78, 5) is 16.2. The van der Waals surface area contributed by atoms with E-state index in [1.54, 1.807) is 0 Å². The van der Waals surface area contributed by atoms with E-state index in [-0.39, 0.29) is 6.03 Å². The molecule has 2 aliphatic rings. The third kappa shape index (κ3) is 2.17. The standard InChI is InChI=1S/C12H23N3O/c1-3-4-11-9-15(12(16)14(11)2)10-5-7-13-8-6-10/h10-11,13H,3-9H2,1-2H3. The highest BCUT2D eigenvalue weighted by molar-refractivity contribution is 5.77. The van der Waals surface area contributed by atoms with Gasteiger partial charge in [0.15, 0.2) is 0 Å². The summed E-state index contributed by atoms with van der Waals surface area (Å²) in [6.45, 7) is 5.23. The second kappa shape index (κ2) is 5.04. The van der Waals surface area contributed by atoms with E-state index in [0.29, 0.717) is 12.1 Å². The zero-order chi connectivity index (χ0) is 11.5. The molecule has 1 atom stereocenters. The van der Waals surface area contributed by atoms with Gasteiger partial charge in [-0.2, -0.15) is 0 Å². The van der Waals surface area contributed by atoms with Crippen molar-refractivity contribution in [3.05, 3.63) is 0 Å². The molecule has 2 fully saturated rings. The van der Waals surface area contributed by atoms with E-state index >= 15 is 0 Å². The van der Waals surface area contributed by atoms with Crippen molar-refractivity contribution in [2.24, 2.45) is 0 Å². The first-order valence-corrected chi connectivity index (χ1v) is 6.48. The van der Waals surface area contributed by atoms with Crippen LogP contribution in [-0.4, -0.2) is 54.6 Å². The minimum Gasteiger partial charge on any atom is -0.323 e. The van der Waals surface area contributed by atoms with Crippen molar-refractivity contribution in [2.45, 2.75) is 44.7 Å². The van der Waals surface area contributed by atoms with Gasteiger partial charge in [-0.1, -0.05) is 13.3 Å². The summed E-state index contributed by atoms with van der Waals surface area (Å²) in [5, 5.41) is 3.35. The molecule has 16 heavy (non-hydrogen) atoms. The Morgan fingerprint density at radius 1 is 1.38 bits per heavy atom. The third-order valence-electron chi connectivity index (χ3n) is 3.87. The molecular formula is C12H23N3O. The average Bonchev–Trinajstić information content (AvgIpc) is 2.59. The lowest BCUT2D eigenvalue weighted by atomic mass is 10.0. The predicted molar refractivity (Wildman–Crippen MR) is 64.5 cm³/mol. The number of piperidine rings is 1. The zero-order valence-electron chi connectivity index (χ0n) is 10.4. The van der Waals surface area contributed by atoms with E-state index in [2.05, 4.69) is 17.1 Å². The van der Waals surface area contributed by atoms with Gasteiger partial charge in [-0.25, -0.2) is 4.79 Å². The smallest absolute Gasteiger partial charge is 0.320 e. The summed E-state index contributed by atoms with van der Waals surface area (Å²) in [6.07, 6.45) is 4.50. The Bertz CT molecular complexity index is 251. The molecule has 0 aromatic heterocycles. The summed E-state index contributed by atoms with van der Waals surface area (Å²) in [6, 6.07) is 1.15. The molecule has 0 aromatic rings. The highest BCUT2D eigenvalue weighted by Gasteiger charge is 2.37. The van der Waals surface area contributed by atoms with Gasteiger partial charge in [0, 0.05) is 19.6 Å². The fraction of sp³-hybridized carbons (Fsp3) is 0.917. The molecular weight excluding hydrogens is 202 g/mol. The van der Waals surface area contributed by atoms with Gasteiger partial charge in [0.25, 0.3) is 0 Å². The fourth-order valence-electron chi connectivity index (χ4n) is 2.83. The molecule has 0 aliphatic carbocycles. The van der Waals surface area contributed by atoms with E-state index in [1.807, 2.05) is 11.9 Å². The number of hydrogen-bond acceptors (Lipinski definition) is 2. The number of hydrogen-bond donors (Lipinski definition) is 1. The van der Waals surface area contributed by atoms with Crippen LogP contribution in [0.5, 0.6) is 0 Å². The minimum atomic E-state index is 0.241. The Morgan fingerprint density at radius 3 is 2.69 bits per heavy atom. The fourth-order valence-corrected chi connectivity index (χ4v) is 2.83. The molecule has 1 N–H and O–H groups in total. The highest BCUT2D eigenvalue weighted by atomic mass is 16.2.